The van der Waals surface area contributed by atoms with Gasteiger partial charge < -0.3 is 16.0 Å². The summed E-state index contributed by atoms with van der Waals surface area (Å²) in [5, 5.41) is 8.14. The molecule has 2 aliphatic rings. The molecule has 1 aromatic rings. The van der Waals surface area contributed by atoms with Crippen LogP contribution in [0.4, 0.5) is 23.7 Å². The minimum atomic E-state index is -4.44. The number of carbonyl (C=O) groups is 2. The van der Waals surface area contributed by atoms with Gasteiger partial charge in [0.25, 0.3) is 5.91 Å². The first kappa shape index (κ1) is 20.4. The second-order valence-corrected chi connectivity index (χ2v) is 6.89. The van der Waals surface area contributed by atoms with Crippen LogP contribution in [0.3, 0.4) is 0 Å². The van der Waals surface area contributed by atoms with Crippen molar-refractivity contribution in [2.24, 2.45) is 0 Å². The Morgan fingerprint density at radius 1 is 1.21 bits per heavy atom. The van der Waals surface area contributed by atoms with Crippen LogP contribution in [0.2, 0.25) is 0 Å². The van der Waals surface area contributed by atoms with Crippen LogP contribution in [0.1, 0.15) is 15.9 Å². The van der Waals surface area contributed by atoms with Crippen molar-refractivity contribution in [3.05, 3.63) is 29.3 Å². The van der Waals surface area contributed by atoms with Crippen molar-refractivity contribution in [2.45, 2.75) is 19.1 Å². The van der Waals surface area contributed by atoms with Crippen LogP contribution >= 0.6 is 0 Å². The van der Waals surface area contributed by atoms with Crippen LogP contribution in [-0.2, 0) is 0 Å². The van der Waals surface area contributed by atoms with E-state index in [0.29, 0.717) is 37.4 Å². The fourth-order valence-corrected chi connectivity index (χ4v) is 3.59. The number of amides is 3. The topological polar surface area (TPSA) is 76.7 Å². The first-order chi connectivity index (χ1) is 13.3. The third kappa shape index (κ3) is 4.39. The molecule has 1 atom stereocenters. The summed E-state index contributed by atoms with van der Waals surface area (Å²) in [4.78, 5) is 27.3. The van der Waals surface area contributed by atoms with Gasteiger partial charge in [-0.05, 0) is 24.6 Å². The van der Waals surface area contributed by atoms with E-state index in [-0.39, 0.29) is 24.7 Å². The van der Waals surface area contributed by atoms with Crippen molar-refractivity contribution in [1.82, 2.24) is 20.9 Å². The Balaban J connectivity index is 1.72. The molecule has 2 aliphatic heterocycles. The lowest BCUT2D eigenvalue weighted by atomic mass is 10.0. The Kier molecular flexibility index (Phi) is 6.09. The van der Waals surface area contributed by atoms with Crippen LogP contribution < -0.4 is 20.9 Å². The first-order valence-corrected chi connectivity index (χ1v) is 9.23. The van der Waals surface area contributed by atoms with Gasteiger partial charge in [-0.15, -0.1) is 0 Å². The number of piperazine rings is 1. The van der Waals surface area contributed by atoms with Crippen molar-refractivity contribution >= 4 is 17.6 Å². The smallest absolute Gasteiger partial charge is 0.350 e. The van der Waals surface area contributed by atoms with Crippen molar-refractivity contribution < 1.29 is 22.8 Å². The highest BCUT2D eigenvalue weighted by Crippen LogP contribution is 2.26. The second-order valence-electron chi connectivity index (χ2n) is 6.89. The average molecular weight is 399 g/mol. The highest BCUT2D eigenvalue weighted by Gasteiger charge is 2.43. The number of nitrogens with zero attached hydrogens (tertiary/aromatic N) is 2. The molecule has 2 heterocycles. The Labute approximate surface area is 161 Å². The van der Waals surface area contributed by atoms with Gasteiger partial charge in [0.2, 0.25) is 0 Å². The maximum absolute atomic E-state index is 13.5. The number of rotatable bonds is 5. The van der Waals surface area contributed by atoms with E-state index in [4.69, 9.17) is 0 Å². The molecule has 7 nitrogen and oxygen atoms in total. The highest BCUT2D eigenvalue weighted by atomic mass is 19.4. The van der Waals surface area contributed by atoms with Gasteiger partial charge in [0, 0.05) is 57.1 Å². The van der Waals surface area contributed by atoms with E-state index >= 15 is 0 Å². The summed E-state index contributed by atoms with van der Waals surface area (Å²) in [6.07, 6.45) is -4.44. The molecular weight excluding hydrogens is 375 g/mol. The van der Waals surface area contributed by atoms with Crippen molar-refractivity contribution in [3.8, 4) is 0 Å². The number of urea groups is 1. The van der Waals surface area contributed by atoms with Crippen molar-refractivity contribution in [3.63, 3.8) is 0 Å². The third-order valence-corrected chi connectivity index (χ3v) is 5.12. The summed E-state index contributed by atoms with van der Waals surface area (Å²) in [6.45, 7) is 3.68. The Bertz CT molecular complexity index is 734. The molecule has 3 rings (SSSR count). The van der Waals surface area contributed by atoms with Gasteiger partial charge in [-0.3, -0.25) is 14.6 Å². The molecule has 28 heavy (non-hydrogen) atoms. The van der Waals surface area contributed by atoms with Crippen LogP contribution in [0.15, 0.2) is 18.2 Å². The van der Waals surface area contributed by atoms with Crippen LogP contribution in [0.25, 0.3) is 0 Å². The molecule has 2 fully saturated rings. The van der Waals surface area contributed by atoms with E-state index in [0.717, 1.165) is 0 Å². The quantitative estimate of drug-likeness (QED) is 0.693. The summed E-state index contributed by atoms with van der Waals surface area (Å²) < 4.78 is 40.5. The van der Waals surface area contributed by atoms with E-state index in [1.165, 1.54) is 9.80 Å². The predicted octanol–water partition coefficient (Wildman–Crippen LogP) is 1.09. The number of carbonyl (C=O) groups excluding carboxylic acids is 2. The molecular formula is C18H24F3N5O2. The molecule has 1 aromatic carbocycles. The number of alkyl halides is 3. The van der Waals surface area contributed by atoms with Gasteiger partial charge in [-0.25, -0.2) is 4.79 Å². The fourth-order valence-electron chi connectivity index (χ4n) is 3.59. The molecule has 0 bridgehead atoms. The summed E-state index contributed by atoms with van der Waals surface area (Å²) in [5.74, 6) is -0.580. The van der Waals surface area contributed by atoms with E-state index in [1.54, 1.807) is 25.1 Å². The predicted molar refractivity (Wildman–Crippen MR) is 98.5 cm³/mol. The molecule has 154 valence electrons. The average Bonchev–Trinajstić information content (AvgIpc) is 3.07. The Morgan fingerprint density at radius 2 is 1.93 bits per heavy atom. The zero-order chi connectivity index (χ0) is 20.3. The van der Waals surface area contributed by atoms with Crippen molar-refractivity contribution in [2.75, 3.05) is 50.7 Å². The lowest BCUT2D eigenvalue weighted by molar-refractivity contribution is -0.183. The molecule has 10 heteroatoms. The number of nitrogens with one attached hydrogen (secondary N) is 3. The molecule has 0 aliphatic carbocycles. The lowest BCUT2D eigenvalue weighted by Gasteiger charge is -2.36. The molecule has 0 radical (unpaired) electrons. The van der Waals surface area contributed by atoms with Gasteiger partial charge in [0.05, 0.1) is 0 Å². The van der Waals surface area contributed by atoms with Gasteiger partial charge in [-0.1, -0.05) is 6.07 Å². The summed E-state index contributed by atoms with van der Waals surface area (Å²) in [5.41, 5.74) is 1.40. The molecule has 0 aromatic heterocycles. The minimum absolute atomic E-state index is 0.253. The van der Waals surface area contributed by atoms with Gasteiger partial charge in [-0.2, -0.15) is 13.2 Å². The van der Waals surface area contributed by atoms with E-state index < -0.39 is 24.7 Å². The third-order valence-electron chi connectivity index (χ3n) is 5.12. The SMILES string of the molecule is Cc1c(C(=O)NCC(N2CCNCC2)C(F)(F)F)cccc1N1CCNC1=O. The van der Waals surface area contributed by atoms with Crippen LogP contribution in [0, 0.1) is 6.92 Å². The zero-order valence-corrected chi connectivity index (χ0v) is 15.6. The van der Waals surface area contributed by atoms with Gasteiger partial charge in [0.1, 0.15) is 6.04 Å². The number of anilines is 1. The summed E-state index contributed by atoms with van der Waals surface area (Å²) >= 11 is 0. The van der Waals surface area contributed by atoms with Gasteiger partial charge in [0.15, 0.2) is 0 Å². The first-order valence-electron chi connectivity index (χ1n) is 9.23. The number of halogens is 3. The van der Waals surface area contributed by atoms with Crippen LogP contribution in [0.5, 0.6) is 0 Å². The number of benzene rings is 1. The van der Waals surface area contributed by atoms with Crippen molar-refractivity contribution in [1.29, 1.82) is 0 Å². The normalized spacial score (nSPS) is 19.4. The molecule has 1 unspecified atom stereocenters. The molecule has 0 saturated carbocycles. The summed E-state index contributed by atoms with van der Waals surface area (Å²) in [7, 11) is 0. The number of hydrogen-bond donors (Lipinski definition) is 3. The van der Waals surface area contributed by atoms with Crippen LogP contribution in [-0.4, -0.2) is 74.9 Å². The van der Waals surface area contributed by atoms with E-state index in [2.05, 4.69) is 16.0 Å². The Hall–Kier alpha value is -2.33. The largest absolute Gasteiger partial charge is 0.405 e. The second kappa shape index (κ2) is 8.36. The molecule has 2 saturated heterocycles. The molecule has 3 amide bonds. The maximum Gasteiger partial charge on any atom is 0.405 e. The Morgan fingerprint density at radius 3 is 2.54 bits per heavy atom. The van der Waals surface area contributed by atoms with E-state index in [9.17, 15) is 22.8 Å². The highest BCUT2D eigenvalue weighted by molar-refractivity contribution is 6.00. The minimum Gasteiger partial charge on any atom is -0.350 e. The monoisotopic (exact) mass is 399 g/mol. The van der Waals surface area contributed by atoms with E-state index in [1.807, 2.05) is 0 Å². The van der Waals surface area contributed by atoms with Gasteiger partial charge >= 0.3 is 12.2 Å². The maximum atomic E-state index is 13.5. The standard InChI is InChI=1S/C18H24F3N5O2/c1-12-13(3-2-4-14(12)26-10-7-23-17(26)28)16(27)24-11-15(18(19,20)21)25-8-5-22-6-9-25/h2-4,15,22H,5-11H2,1H3,(H,23,28)(H,24,27). The molecule has 0 spiro atoms. The number of hydrogen-bond acceptors (Lipinski definition) is 4. The summed E-state index contributed by atoms with van der Waals surface area (Å²) in [6, 6.07) is 2.91. The fraction of sp³-hybridized carbons (Fsp3) is 0.556. The zero-order valence-electron chi connectivity index (χ0n) is 15.6. The molecule has 3 N–H and O–H groups in total. The lowest BCUT2D eigenvalue weighted by Crippen LogP contribution is -2.57.